The van der Waals surface area contributed by atoms with Gasteiger partial charge in [0.25, 0.3) is 0 Å². The van der Waals surface area contributed by atoms with Crippen molar-refractivity contribution >= 4 is 21.8 Å². The second kappa shape index (κ2) is 6.31. The quantitative estimate of drug-likeness (QED) is 0.415. The van der Waals surface area contributed by atoms with Crippen molar-refractivity contribution in [1.82, 2.24) is 30.2 Å². The fourth-order valence-electron chi connectivity index (χ4n) is 2.79. The number of benzene rings is 1. The van der Waals surface area contributed by atoms with Gasteiger partial charge < -0.3 is 0 Å². The SMILES string of the molecule is CCCCCn1nnc(-c2ccc3ccc4cccnc4c3n2)n1. The molecule has 24 heavy (non-hydrogen) atoms. The molecule has 0 atom stereocenters. The Morgan fingerprint density at radius 3 is 2.67 bits per heavy atom. The molecule has 0 bridgehead atoms. The monoisotopic (exact) mass is 318 g/mol. The van der Waals surface area contributed by atoms with Crippen molar-refractivity contribution in [3.05, 3.63) is 42.6 Å². The van der Waals surface area contributed by atoms with E-state index < -0.39 is 0 Å². The van der Waals surface area contributed by atoms with Crippen molar-refractivity contribution in [2.75, 3.05) is 0 Å². The second-order valence-electron chi connectivity index (χ2n) is 5.82. The van der Waals surface area contributed by atoms with Crippen molar-refractivity contribution in [2.45, 2.75) is 32.7 Å². The third-order valence-corrected chi connectivity index (χ3v) is 4.08. The molecular weight excluding hydrogens is 300 g/mol. The van der Waals surface area contributed by atoms with Crippen LogP contribution < -0.4 is 0 Å². The van der Waals surface area contributed by atoms with Crippen molar-refractivity contribution in [1.29, 1.82) is 0 Å². The molecule has 120 valence electrons. The molecular formula is C18H18N6. The second-order valence-corrected chi connectivity index (χ2v) is 5.82. The van der Waals surface area contributed by atoms with Crippen LogP contribution in [-0.2, 0) is 6.54 Å². The van der Waals surface area contributed by atoms with E-state index in [0.29, 0.717) is 5.82 Å². The average molecular weight is 318 g/mol. The first kappa shape index (κ1) is 14.7. The van der Waals surface area contributed by atoms with Gasteiger partial charge in [-0.2, -0.15) is 4.80 Å². The molecule has 0 saturated carbocycles. The summed E-state index contributed by atoms with van der Waals surface area (Å²) in [4.78, 5) is 10.9. The number of hydrogen-bond acceptors (Lipinski definition) is 5. The zero-order valence-electron chi connectivity index (χ0n) is 13.6. The van der Waals surface area contributed by atoms with Crippen LogP contribution in [0.5, 0.6) is 0 Å². The molecule has 0 amide bonds. The van der Waals surface area contributed by atoms with Gasteiger partial charge in [0, 0.05) is 17.0 Å². The molecule has 6 heteroatoms. The first-order valence-corrected chi connectivity index (χ1v) is 8.28. The van der Waals surface area contributed by atoms with Gasteiger partial charge in [0.15, 0.2) is 0 Å². The van der Waals surface area contributed by atoms with E-state index in [1.54, 1.807) is 11.0 Å². The highest BCUT2D eigenvalue weighted by atomic mass is 15.6. The summed E-state index contributed by atoms with van der Waals surface area (Å²) in [6.45, 7) is 2.97. The average Bonchev–Trinajstić information content (AvgIpc) is 3.10. The fraction of sp³-hybridized carbons (Fsp3) is 0.278. The predicted octanol–water partition coefficient (Wildman–Crippen LogP) is 3.63. The van der Waals surface area contributed by atoms with E-state index in [0.717, 1.165) is 40.5 Å². The van der Waals surface area contributed by atoms with Crippen LogP contribution in [0, 0.1) is 0 Å². The zero-order valence-corrected chi connectivity index (χ0v) is 13.6. The number of pyridine rings is 2. The number of aromatic nitrogens is 6. The molecule has 0 aliphatic carbocycles. The summed E-state index contributed by atoms with van der Waals surface area (Å²) >= 11 is 0. The largest absolute Gasteiger partial charge is 0.254 e. The minimum Gasteiger partial charge on any atom is -0.254 e. The minimum absolute atomic E-state index is 0.557. The maximum Gasteiger partial charge on any atom is 0.223 e. The van der Waals surface area contributed by atoms with Crippen LogP contribution >= 0.6 is 0 Å². The van der Waals surface area contributed by atoms with E-state index in [4.69, 9.17) is 4.98 Å². The molecule has 0 N–H and O–H groups in total. The summed E-state index contributed by atoms with van der Waals surface area (Å²) in [6, 6.07) is 12.1. The lowest BCUT2D eigenvalue weighted by atomic mass is 10.1. The first-order chi connectivity index (χ1) is 11.8. The smallest absolute Gasteiger partial charge is 0.223 e. The molecule has 0 unspecified atom stereocenters. The van der Waals surface area contributed by atoms with Crippen LogP contribution in [-0.4, -0.2) is 30.2 Å². The standard InChI is InChI=1S/C18H18N6/c1-2-3-4-12-24-22-18(21-23-24)15-10-9-14-8-7-13-6-5-11-19-16(13)17(14)20-15/h5-11H,2-4,12H2,1H3. The maximum absolute atomic E-state index is 4.74. The molecule has 0 spiro atoms. The van der Waals surface area contributed by atoms with E-state index in [-0.39, 0.29) is 0 Å². The number of rotatable bonds is 5. The Labute approximate surface area is 139 Å². The highest BCUT2D eigenvalue weighted by molar-refractivity contribution is 6.03. The van der Waals surface area contributed by atoms with Gasteiger partial charge in [-0.25, -0.2) is 4.98 Å². The lowest BCUT2D eigenvalue weighted by Crippen LogP contribution is -2.02. The molecule has 1 aromatic carbocycles. The molecule has 3 aromatic heterocycles. The minimum atomic E-state index is 0.557. The number of tetrazole rings is 1. The van der Waals surface area contributed by atoms with Gasteiger partial charge >= 0.3 is 0 Å². The van der Waals surface area contributed by atoms with E-state index in [9.17, 15) is 0 Å². The Morgan fingerprint density at radius 2 is 1.79 bits per heavy atom. The van der Waals surface area contributed by atoms with Gasteiger partial charge in [-0.15, -0.1) is 10.2 Å². The van der Waals surface area contributed by atoms with Crippen molar-refractivity contribution in [3.63, 3.8) is 0 Å². The third-order valence-electron chi connectivity index (χ3n) is 4.08. The Hall–Kier alpha value is -2.89. The summed E-state index contributed by atoms with van der Waals surface area (Å²) in [6.07, 6.45) is 5.20. The van der Waals surface area contributed by atoms with Gasteiger partial charge in [0.1, 0.15) is 5.69 Å². The summed E-state index contributed by atoms with van der Waals surface area (Å²) in [5, 5.41) is 14.9. The molecule has 0 saturated heterocycles. The maximum atomic E-state index is 4.74. The first-order valence-electron chi connectivity index (χ1n) is 8.28. The van der Waals surface area contributed by atoms with Crippen LogP contribution in [0.1, 0.15) is 26.2 Å². The van der Waals surface area contributed by atoms with Gasteiger partial charge in [0.2, 0.25) is 5.82 Å². The Bertz CT molecular complexity index is 991. The van der Waals surface area contributed by atoms with E-state index in [1.165, 1.54) is 12.8 Å². The normalized spacial score (nSPS) is 11.4. The molecule has 0 radical (unpaired) electrons. The summed E-state index contributed by atoms with van der Waals surface area (Å²) < 4.78 is 0. The van der Waals surface area contributed by atoms with Gasteiger partial charge in [-0.1, -0.05) is 44.0 Å². The van der Waals surface area contributed by atoms with Crippen molar-refractivity contribution in [3.8, 4) is 11.5 Å². The number of hydrogen-bond donors (Lipinski definition) is 0. The molecule has 0 aliphatic heterocycles. The van der Waals surface area contributed by atoms with Gasteiger partial charge in [-0.3, -0.25) is 4.98 Å². The van der Waals surface area contributed by atoms with Crippen LogP contribution in [0.3, 0.4) is 0 Å². The van der Waals surface area contributed by atoms with Crippen LogP contribution in [0.4, 0.5) is 0 Å². The van der Waals surface area contributed by atoms with Gasteiger partial charge in [0.05, 0.1) is 17.6 Å². The summed E-state index contributed by atoms with van der Waals surface area (Å²) in [7, 11) is 0. The predicted molar refractivity (Wildman–Crippen MR) is 93.4 cm³/mol. The van der Waals surface area contributed by atoms with Crippen LogP contribution in [0.25, 0.3) is 33.3 Å². The number of unbranched alkanes of at least 4 members (excludes halogenated alkanes) is 2. The van der Waals surface area contributed by atoms with E-state index in [2.05, 4.69) is 39.5 Å². The molecule has 4 rings (SSSR count). The molecule has 0 aliphatic rings. The number of fused-ring (bicyclic) bond motifs is 3. The van der Waals surface area contributed by atoms with Crippen molar-refractivity contribution < 1.29 is 0 Å². The van der Waals surface area contributed by atoms with Crippen LogP contribution in [0.15, 0.2) is 42.6 Å². The highest BCUT2D eigenvalue weighted by Crippen LogP contribution is 2.24. The number of nitrogens with zero attached hydrogens (tertiary/aromatic N) is 6. The molecule has 3 heterocycles. The number of aryl methyl sites for hydroxylation is 1. The van der Waals surface area contributed by atoms with Crippen molar-refractivity contribution in [2.24, 2.45) is 0 Å². The van der Waals surface area contributed by atoms with Crippen LogP contribution in [0.2, 0.25) is 0 Å². The topological polar surface area (TPSA) is 69.4 Å². The lowest BCUT2D eigenvalue weighted by molar-refractivity contribution is 0.486. The zero-order chi connectivity index (χ0) is 16.4. The Morgan fingerprint density at radius 1 is 0.958 bits per heavy atom. The van der Waals surface area contributed by atoms with E-state index in [1.807, 2.05) is 24.3 Å². The Kier molecular flexibility index (Phi) is 3.86. The Balaban J connectivity index is 1.73. The van der Waals surface area contributed by atoms with E-state index >= 15 is 0 Å². The lowest BCUT2D eigenvalue weighted by Gasteiger charge is -2.03. The summed E-state index contributed by atoms with van der Waals surface area (Å²) in [5.74, 6) is 0.557. The van der Waals surface area contributed by atoms with Gasteiger partial charge in [-0.05, 0) is 23.8 Å². The fourth-order valence-corrected chi connectivity index (χ4v) is 2.79. The highest BCUT2D eigenvalue weighted by Gasteiger charge is 2.10. The summed E-state index contributed by atoms with van der Waals surface area (Å²) in [5.41, 5.74) is 2.49. The molecule has 6 nitrogen and oxygen atoms in total. The third kappa shape index (κ3) is 2.71. The molecule has 4 aromatic rings. The molecule has 0 fully saturated rings.